The second-order valence-electron chi connectivity index (χ2n) is 6.43. The lowest BCUT2D eigenvalue weighted by Crippen LogP contribution is -2.38. The smallest absolute Gasteiger partial charge is 0.245 e. The quantitative estimate of drug-likeness (QED) is 0.746. The number of rotatable bonds is 7. The van der Waals surface area contributed by atoms with Gasteiger partial charge in [-0.2, -0.15) is 22.1 Å². The van der Waals surface area contributed by atoms with Crippen LogP contribution in [0.1, 0.15) is 18.5 Å². The number of hydrogen-bond donors (Lipinski definition) is 0. The van der Waals surface area contributed by atoms with Gasteiger partial charge in [0.1, 0.15) is 11.7 Å². The molecule has 1 saturated carbocycles. The van der Waals surface area contributed by atoms with Gasteiger partial charge in [0, 0.05) is 18.4 Å². The predicted octanol–water partition coefficient (Wildman–Crippen LogP) is 2.96. The maximum atomic E-state index is 13.5. The second-order valence-corrected chi connectivity index (χ2v) is 7.35. The Morgan fingerprint density at radius 3 is 2.92 bits per heavy atom. The van der Waals surface area contributed by atoms with Gasteiger partial charge in [0.2, 0.25) is 5.91 Å². The fourth-order valence-corrected chi connectivity index (χ4v) is 3.31. The number of nitrogens with zero attached hydrogens (tertiary/aromatic N) is 5. The van der Waals surface area contributed by atoms with Crippen molar-refractivity contribution in [3.63, 3.8) is 0 Å². The van der Waals surface area contributed by atoms with Crippen molar-refractivity contribution in [2.75, 3.05) is 23.5 Å². The summed E-state index contributed by atoms with van der Waals surface area (Å²) in [4.78, 5) is 18.5. The van der Waals surface area contributed by atoms with E-state index in [1.807, 2.05) is 13.2 Å². The Balaban J connectivity index is 1.94. The zero-order chi connectivity index (χ0) is 18.7. The van der Waals surface area contributed by atoms with Crippen molar-refractivity contribution in [3.8, 4) is 11.8 Å². The molecule has 3 rings (SSSR count). The Bertz CT molecular complexity index is 842. The zero-order valence-electron chi connectivity index (χ0n) is 14.7. The summed E-state index contributed by atoms with van der Waals surface area (Å²) in [6, 6.07) is 3.45. The lowest BCUT2D eigenvalue weighted by Gasteiger charge is -2.24. The average Bonchev–Trinajstić information content (AvgIpc) is 3.37. The molecule has 26 heavy (non-hydrogen) atoms. The predicted molar refractivity (Wildman–Crippen MR) is 98.6 cm³/mol. The Morgan fingerprint density at radius 2 is 2.31 bits per heavy atom. The SMILES string of the molecule is CSCC(C#N)C(=O)N(CC1CC1)c1cn(-c2cncc(F)c2)nc1C. The van der Waals surface area contributed by atoms with Crippen LogP contribution in [-0.2, 0) is 4.79 Å². The van der Waals surface area contributed by atoms with Crippen molar-refractivity contribution in [2.24, 2.45) is 11.8 Å². The van der Waals surface area contributed by atoms with Crippen molar-refractivity contribution in [1.82, 2.24) is 14.8 Å². The molecule has 2 aromatic rings. The summed E-state index contributed by atoms with van der Waals surface area (Å²) < 4.78 is 15.0. The Hall–Kier alpha value is -2.40. The van der Waals surface area contributed by atoms with Crippen molar-refractivity contribution in [1.29, 1.82) is 5.26 Å². The molecule has 0 N–H and O–H groups in total. The van der Waals surface area contributed by atoms with E-state index < -0.39 is 11.7 Å². The summed E-state index contributed by atoms with van der Waals surface area (Å²) in [6.45, 7) is 2.39. The van der Waals surface area contributed by atoms with Gasteiger partial charge in [0.15, 0.2) is 0 Å². The summed E-state index contributed by atoms with van der Waals surface area (Å²) >= 11 is 1.48. The first-order chi connectivity index (χ1) is 12.5. The number of hydrogen-bond acceptors (Lipinski definition) is 5. The fourth-order valence-electron chi connectivity index (χ4n) is 2.76. The zero-order valence-corrected chi connectivity index (χ0v) is 15.5. The molecule has 136 valence electrons. The maximum Gasteiger partial charge on any atom is 0.245 e. The molecule has 2 heterocycles. The van der Waals surface area contributed by atoms with Crippen LogP contribution in [0.25, 0.3) is 5.69 Å². The van der Waals surface area contributed by atoms with E-state index in [-0.39, 0.29) is 5.91 Å². The average molecular weight is 373 g/mol. The summed E-state index contributed by atoms with van der Waals surface area (Å²) in [5, 5.41) is 13.8. The van der Waals surface area contributed by atoms with Crippen LogP contribution in [0.2, 0.25) is 0 Å². The molecule has 1 aliphatic rings. The molecular formula is C18H20FN5OS. The van der Waals surface area contributed by atoms with Crippen molar-refractivity contribution >= 4 is 23.4 Å². The summed E-state index contributed by atoms with van der Waals surface area (Å²) in [5.74, 6) is -0.424. The third-order valence-electron chi connectivity index (χ3n) is 4.31. The monoisotopic (exact) mass is 373 g/mol. The number of thioether (sulfide) groups is 1. The molecule has 2 aromatic heterocycles. The van der Waals surface area contributed by atoms with Gasteiger partial charge in [-0.25, -0.2) is 9.07 Å². The lowest BCUT2D eigenvalue weighted by molar-refractivity contribution is -0.120. The highest BCUT2D eigenvalue weighted by Gasteiger charge is 2.33. The largest absolute Gasteiger partial charge is 0.308 e. The van der Waals surface area contributed by atoms with Gasteiger partial charge in [0.25, 0.3) is 0 Å². The lowest BCUT2D eigenvalue weighted by atomic mass is 10.1. The number of carbonyl (C=O) groups excluding carboxylic acids is 1. The molecule has 0 aliphatic heterocycles. The minimum absolute atomic E-state index is 0.200. The van der Waals surface area contributed by atoms with Crippen LogP contribution in [0.5, 0.6) is 0 Å². The highest BCUT2D eigenvalue weighted by atomic mass is 32.2. The first-order valence-electron chi connectivity index (χ1n) is 8.40. The van der Waals surface area contributed by atoms with Crippen LogP contribution < -0.4 is 4.90 Å². The van der Waals surface area contributed by atoms with Gasteiger partial charge in [0.05, 0.1) is 41.7 Å². The number of carbonyl (C=O) groups is 1. The van der Waals surface area contributed by atoms with Crippen molar-refractivity contribution in [2.45, 2.75) is 19.8 Å². The first kappa shape index (κ1) is 18.4. The summed E-state index contributed by atoms with van der Waals surface area (Å²) in [6.07, 6.45) is 8.40. The minimum Gasteiger partial charge on any atom is -0.308 e. The molecule has 8 heteroatoms. The molecule has 0 radical (unpaired) electrons. The van der Waals surface area contributed by atoms with Crippen LogP contribution >= 0.6 is 11.8 Å². The number of anilines is 1. The Morgan fingerprint density at radius 1 is 1.54 bits per heavy atom. The molecule has 6 nitrogen and oxygen atoms in total. The molecule has 0 aromatic carbocycles. The molecule has 1 atom stereocenters. The van der Waals surface area contributed by atoms with E-state index in [1.54, 1.807) is 11.1 Å². The topological polar surface area (TPSA) is 74.8 Å². The molecule has 1 fully saturated rings. The summed E-state index contributed by atoms with van der Waals surface area (Å²) in [7, 11) is 0. The van der Waals surface area contributed by atoms with Gasteiger partial charge in [-0.3, -0.25) is 9.78 Å². The standard InChI is InChI=1S/C18H20FN5OS/c1-12-17(10-24(22-12)16-5-15(19)7-21-8-16)23(9-13-3-4-13)18(25)14(6-20)11-26-2/h5,7-8,10,13-14H,3-4,9,11H2,1-2H3. The van der Waals surface area contributed by atoms with E-state index in [2.05, 4.69) is 16.2 Å². The third kappa shape index (κ3) is 4.05. The minimum atomic E-state index is -0.692. The highest BCUT2D eigenvalue weighted by molar-refractivity contribution is 7.98. The molecule has 0 bridgehead atoms. The van der Waals surface area contributed by atoms with E-state index >= 15 is 0 Å². The van der Waals surface area contributed by atoms with Crippen molar-refractivity contribution < 1.29 is 9.18 Å². The molecular weight excluding hydrogens is 353 g/mol. The summed E-state index contributed by atoms with van der Waals surface area (Å²) in [5.41, 5.74) is 1.80. The third-order valence-corrected chi connectivity index (χ3v) is 4.98. The number of nitriles is 1. The number of aromatic nitrogens is 3. The van der Waals surface area contributed by atoms with Crippen LogP contribution in [0.15, 0.2) is 24.7 Å². The Kier molecular flexibility index (Phi) is 5.57. The molecule has 1 unspecified atom stereocenters. The van der Waals surface area contributed by atoms with Crippen molar-refractivity contribution in [3.05, 3.63) is 36.2 Å². The van der Waals surface area contributed by atoms with E-state index in [0.717, 1.165) is 19.0 Å². The molecule has 1 aliphatic carbocycles. The van der Waals surface area contributed by atoms with E-state index in [1.165, 1.54) is 28.7 Å². The van der Waals surface area contributed by atoms with Gasteiger partial charge in [-0.15, -0.1) is 0 Å². The first-order valence-corrected chi connectivity index (χ1v) is 9.80. The van der Waals surface area contributed by atoms with Gasteiger partial charge in [-0.1, -0.05) is 0 Å². The van der Waals surface area contributed by atoms with E-state index in [9.17, 15) is 14.4 Å². The van der Waals surface area contributed by atoms with Gasteiger partial charge >= 0.3 is 0 Å². The number of halogens is 1. The van der Waals surface area contributed by atoms with Crippen LogP contribution in [-0.4, -0.2) is 39.2 Å². The fraction of sp³-hybridized carbons (Fsp3) is 0.444. The maximum absolute atomic E-state index is 13.5. The second kappa shape index (κ2) is 7.87. The van der Waals surface area contributed by atoms with E-state index in [4.69, 9.17) is 0 Å². The van der Waals surface area contributed by atoms with Crippen LogP contribution in [0.4, 0.5) is 10.1 Å². The molecule has 1 amide bonds. The van der Waals surface area contributed by atoms with Gasteiger partial charge in [-0.05, 0) is 31.9 Å². The Labute approximate surface area is 156 Å². The highest BCUT2D eigenvalue weighted by Crippen LogP contribution is 2.33. The normalized spacial score (nSPS) is 14.7. The number of pyridine rings is 1. The van der Waals surface area contributed by atoms with Crippen LogP contribution in [0, 0.1) is 35.9 Å². The van der Waals surface area contributed by atoms with E-state index in [0.29, 0.717) is 35.3 Å². The molecule has 0 spiro atoms. The van der Waals surface area contributed by atoms with Gasteiger partial charge < -0.3 is 4.90 Å². The van der Waals surface area contributed by atoms with Crippen LogP contribution in [0.3, 0.4) is 0 Å². The molecule has 0 saturated heterocycles. The number of amides is 1. The number of aryl methyl sites for hydroxylation is 1.